The third-order valence-corrected chi connectivity index (χ3v) is 4.01. The van der Waals surface area contributed by atoms with E-state index in [2.05, 4.69) is 0 Å². The van der Waals surface area contributed by atoms with Crippen LogP contribution >= 0.6 is 0 Å². The molecule has 0 aliphatic carbocycles. The molecular formula is C19H18FNO2. The Morgan fingerprint density at radius 3 is 2.39 bits per heavy atom. The topological polar surface area (TPSA) is 36.2 Å². The van der Waals surface area contributed by atoms with Gasteiger partial charge in [-0.15, -0.1) is 0 Å². The number of benzene rings is 2. The summed E-state index contributed by atoms with van der Waals surface area (Å²) in [5.41, 5.74) is 3.33. The summed E-state index contributed by atoms with van der Waals surface area (Å²) in [7, 11) is 1.57. The third-order valence-electron chi connectivity index (χ3n) is 4.01. The Morgan fingerprint density at radius 1 is 1.09 bits per heavy atom. The quantitative estimate of drug-likeness (QED) is 0.530. The van der Waals surface area contributed by atoms with E-state index in [1.165, 1.54) is 12.1 Å². The molecule has 0 N–H and O–H groups in total. The monoisotopic (exact) mass is 311 g/mol. The Hall–Kier alpha value is -2.62. The van der Waals surface area contributed by atoms with E-state index in [0.29, 0.717) is 11.3 Å². The lowest BCUT2D eigenvalue weighted by atomic mass is 9.91. The van der Waals surface area contributed by atoms with Crippen LogP contribution in [0.15, 0.2) is 48.7 Å². The zero-order valence-electron chi connectivity index (χ0n) is 13.3. The largest absolute Gasteiger partial charge is 0.618 e. The number of fused-ring (bicyclic) bond motifs is 1. The van der Waals surface area contributed by atoms with E-state index in [4.69, 9.17) is 4.74 Å². The predicted octanol–water partition coefficient (Wildman–Crippen LogP) is 4.41. The van der Waals surface area contributed by atoms with Gasteiger partial charge in [-0.05, 0) is 35.7 Å². The predicted molar refractivity (Wildman–Crippen MR) is 88.9 cm³/mol. The zero-order chi connectivity index (χ0) is 16.6. The first-order chi connectivity index (χ1) is 11.0. The number of ether oxygens (including phenoxy) is 1. The van der Waals surface area contributed by atoms with Crippen LogP contribution in [-0.4, -0.2) is 7.11 Å². The van der Waals surface area contributed by atoms with Crippen molar-refractivity contribution in [2.24, 2.45) is 0 Å². The van der Waals surface area contributed by atoms with Gasteiger partial charge in [0, 0.05) is 11.1 Å². The van der Waals surface area contributed by atoms with Gasteiger partial charge in [0.05, 0.1) is 18.6 Å². The Balaban J connectivity index is 2.38. The van der Waals surface area contributed by atoms with Gasteiger partial charge < -0.3 is 9.94 Å². The van der Waals surface area contributed by atoms with Crippen molar-refractivity contribution in [3.63, 3.8) is 0 Å². The van der Waals surface area contributed by atoms with E-state index < -0.39 is 0 Å². The molecule has 3 nitrogen and oxygen atoms in total. The van der Waals surface area contributed by atoms with Gasteiger partial charge in [0.25, 0.3) is 0 Å². The standard InChI is InChI=1S/C19H18FNO2/c1-12(2)17-11-21(22)18-10-15(23-3)8-9-16(18)19(17)13-4-6-14(20)7-5-13/h4-12H,1-3H3. The van der Waals surface area contributed by atoms with Crippen LogP contribution in [0.5, 0.6) is 5.75 Å². The highest BCUT2D eigenvalue weighted by Crippen LogP contribution is 2.35. The van der Waals surface area contributed by atoms with E-state index in [1.54, 1.807) is 31.5 Å². The molecule has 3 aromatic rings. The number of halogens is 1. The van der Waals surface area contributed by atoms with Crippen molar-refractivity contribution in [2.75, 3.05) is 7.11 Å². The molecule has 0 atom stereocenters. The lowest BCUT2D eigenvalue weighted by Gasteiger charge is -2.16. The second-order valence-electron chi connectivity index (χ2n) is 5.83. The van der Waals surface area contributed by atoms with Crippen molar-refractivity contribution in [3.05, 3.63) is 65.2 Å². The second kappa shape index (κ2) is 5.88. The molecule has 0 bridgehead atoms. The molecule has 0 unspecified atom stereocenters. The van der Waals surface area contributed by atoms with E-state index in [1.807, 2.05) is 26.0 Å². The smallest absolute Gasteiger partial charge is 0.228 e. The Bertz CT molecular complexity index is 857. The van der Waals surface area contributed by atoms with Crippen LogP contribution in [0.3, 0.4) is 0 Å². The fourth-order valence-electron chi connectivity index (χ4n) is 2.82. The molecule has 2 aromatic carbocycles. The number of methoxy groups -OCH3 is 1. The maximum atomic E-state index is 13.3. The molecule has 0 spiro atoms. The fraction of sp³-hybridized carbons (Fsp3) is 0.211. The maximum absolute atomic E-state index is 13.3. The molecule has 0 radical (unpaired) electrons. The lowest BCUT2D eigenvalue weighted by Crippen LogP contribution is -2.28. The average molecular weight is 311 g/mol. The highest BCUT2D eigenvalue weighted by Gasteiger charge is 2.19. The van der Waals surface area contributed by atoms with Crippen molar-refractivity contribution in [3.8, 4) is 16.9 Å². The summed E-state index contributed by atoms with van der Waals surface area (Å²) < 4.78 is 19.4. The minimum absolute atomic E-state index is 0.168. The number of aromatic nitrogens is 1. The molecule has 0 aliphatic rings. The van der Waals surface area contributed by atoms with Crippen LogP contribution in [-0.2, 0) is 0 Å². The summed E-state index contributed by atoms with van der Waals surface area (Å²) in [6, 6.07) is 11.8. The van der Waals surface area contributed by atoms with Gasteiger partial charge in [-0.2, -0.15) is 4.73 Å². The molecular weight excluding hydrogens is 293 g/mol. The molecule has 4 heteroatoms. The fourth-order valence-corrected chi connectivity index (χ4v) is 2.82. The van der Waals surface area contributed by atoms with Gasteiger partial charge in [-0.1, -0.05) is 26.0 Å². The summed E-state index contributed by atoms with van der Waals surface area (Å²) in [5, 5.41) is 13.2. The van der Waals surface area contributed by atoms with Gasteiger partial charge >= 0.3 is 0 Å². The van der Waals surface area contributed by atoms with E-state index in [9.17, 15) is 9.60 Å². The molecule has 23 heavy (non-hydrogen) atoms. The van der Waals surface area contributed by atoms with Gasteiger partial charge in [-0.3, -0.25) is 0 Å². The molecule has 1 heterocycles. The summed E-state index contributed by atoms with van der Waals surface area (Å²) in [5.74, 6) is 0.520. The number of rotatable bonds is 3. The summed E-state index contributed by atoms with van der Waals surface area (Å²) >= 11 is 0. The minimum Gasteiger partial charge on any atom is -0.618 e. The normalized spacial score (nSPS) is 11.2. The Labute approximate surface area is 134 Å². The van der Waals surface area contributed by atoms with Crippen LogP contribution in [0, 0.1) is 11.0 Å². The van der Waals surface area contributed by atoms with Gasteiger partial charge in [0.1, 0.15) is 11.6 Å². The molecule has 0 aliphatic heterocycles. The van der Waals surface area contributed by atoms with Crippen molar-refractivity contribution < 1.29 is 13.9 Å². The van der Waals surface area contributed by atoms with E-state index in [-0.39, 0.29) is 11.7 Å². The third kappa shape index (κ3) is 2.72. The number of pyridine rings is 1. The second-order valence-corrected chi connectivity index (χ2v) is 5.83. The van der Waals surface area contributed by atoms with Crippen molar-refractivity contribution in [2.45, 2.75) is 19.8 Å². The lowest BCUT2D eigenvalue weighted by molar-refractivity contribution is -0.577. The highest BCUT2D eigenvalue weighted by atomic mass is 19.1. The summed E-state index contributed by atoms with van der Waals surface area (Å²) in [4.78, 5) is 0. The maximum Gasteiger partial charge on any atom is 0.228 e. The average Bonchev–Trinajstić information content (AvgIpc) is 2.55. The van der Waals surface area contributed by atoms with Crippen LogP contribution < -0.4 is 9.47 Å². The van der Waals surface area contributed by atoms with Crippen LogP contribution in [0.4, 0.5) is 4.39 Å². The molecule has 118 valence electrons. The molecule has 0 fully saturated rings. The van der Waals surface area contributed by atoms with Crippen LogP contribution in [0.2, 0.25) is 0 Å². The molecule has 3 rings (SSSR count). The first-order valence-corrected chi connectivity index (χ1v) is 7.51. The molecule has 0 saturated carbocycles. The first-order valence-electron chi connectivity index (χ1n) is 7.51. The zero-order valence-corrected chi connectivity index (χ0v) is 13.3. The molecule has 0 saturated heterocycles. The van der Waals surface area contributed by atoms with Crippen molar-refractivity contribution in [1.82, 2.24) is 0 Å². The molecule has 1 aromatic heterocycles. The highest BCUT2D eigenvalue weighted by molar-refractivity contribution is 5.95. The number of hydrogen-bond acceptors (Lipinski definition) is 2. The molecule has 0 amide bonds. The van der Waals surface area contributed by atoms with Gasteiger partial charge in [-0.25, -0.2) is 4.39 Å². The number of hydrogen-bond donors (Lipinski definition) is 0. The van der Waals surface area contributed by atoms with Crippen LogP contribution in [0.25, 0.3) is 22.0 Å². The Morgan fingerprint density at radius 2 is 1.78 bits per heavy atom. The SMILES string of the molecule is COc1ccc2c(-c3ccc(F)cc3)c(C(C)C)c[n+]([O-])c2c1. The summed E-state index contributed by atoms with van der Waals surface area (Å²) in [6.07, 6.45) is 1.60. The van der Waals surface area contributed by atoms with E-state index in [0.717, 1.165) is 26.8 Å². The Kier molecular flexibility index (Phi) is 3.90. The van der Waals surface area contributed by atoms with Crippen molar-refractivity contribution in [1.29, 1.82) is 0 Å². The first kappa shape index (κ1) is 15.3. The van der Waals surface area contributed by atoms with Crippen LogP contribution in [0.1, 0.15) is 25.3 Å². The van der Waals surface area contributed by atoms with E-state index >= 15 is 0 Å². The minimum atomic E-state index is -0.277. The van der Waals surface area contributed by atoms with Gasteiger partial charge in [0.2, 0.25) is 5.52 Å². The van der Waals surface area contributed by atoms with Crippen molar-refractivity contribution >= 4 is 10.9 Å². The number of nitrogens with zero attached hydrogens (tertiary/aromatic N) is 1. The van der Waals surface area contributed by atoms with Gasteiger partial charge in [0.15, 0.2) is 6.20 Å². The summed E-state index contributed by atoms with van der Waals surface area (Å²) in [6.45, 7) is 4.08.